The van der Waals surface area contributed by atoms with Crippen molar-refractivity contribution in [3.63, 3.8) is 0 Å². The third kappa shape index (κ3) is 5.06. The molecule has 0 spiro atoms. The van der Waals surface area contributed by atoms with Crippen LogP contribution >= 0.6 is 11.3 Å². The van der Waals surface area contributed by atoms with Crippen LogP contribution in [-0.4, -0.2) is 23.7 Å². The van der Waals surface area contributed by atoms with E-state index in [1.807, 2.05) is 60.7 Å². The molecule has 9 heteroatoms. The Hall–Kier alpha value is -5.28. The van der Waals surface area contributed by atoms with Crippen LogP contribution in [-0.2, 0) is 4.74 Å². The second-order valence-electron chi connectivity index (χ2n) is 8.87. The average molecular weight is 563 g/mol. The number of benzene rings is 4. The van der Waals surface area contributed by atoms with E-state index in [1.54, 1.807) is 31.2 Å². The number of thiazole rings is 1. The fourth-order valence-electron chi connectivity index (χ4n) is 4.41. The van der Waals surface area contributed by atoms with Crippen LogP contribution in [0.5, 0.6) is 5.75 Å². The van der Waals surface area contributed by atoms with E-state index < -0.39 is 17.5 Å². The van der Waals surface area contributed by atoms with Gasteiger partial charge in [0.05, 0.1) is 33.6 Å². The number of aromatic nitrogens is 1. The Morgan fingerprint density at radius 3 is 2.20 bits per heavy atom. The molecule has 0 atom stereocenters. The summed E-state index contributed by atoms with van der Waals surface area (Å²) in [7, 11) is 0. The zero-order valence-electron chi connectivity index (χ0n) is 21.8. The van der Waals surface area contributed by atoms with Crippen molar-refractivity contribution in [1.29, 1.82) is 0 Å². The van der Waals surface area contributed by atoms with Crippen molar-refractivity contribution < 1.29 is 23.5 Å². The molecule has 0 radical (unpaired) electrons. The van der Waals surface area contributed by atoms with Crippen LogP contribution in [0.15, 0.2) is 112 Å². The Kier molecular flexibility index (Phi) is 7.01. The van der Waals surface area contributed by atoms with E-state index in [0.29, 0.717) is 21.9 Å². The summed E-state index contributed by atoms with van der Waals surface area (Å²) < 4.78 is 17.8. The van der Waals surface area contributed by atoms with Crippen molar-refractivity contribution in [3.05, 3.63) is 119 Å². The van der Waals surface area contributed by atoms with Gasteiger partial charge in [0.15, 0.2) is 0 Å². The summed E-state index contributed by atoms with van der Waals surface area (Å²) in [5.41, 5.74) is 1.58. The van der Waals surface area contributed by atoms with Crippen LogP contribution in [0.1, 0.15) is 17.5 Å². The maximum atomic E-state index is 13.7. The van der Waals surface area contributed by atoms with Crippen molar-refractivity contribution in [2.24, 2.45) is 0 Å². The lowest BCUT2D eigenvalue weighted by molar-refractivity contribution is 0.0492. The zero-order valence-corrected chi connectivity index (χ0v) is 22.6. The molecular formula is C32H22N2O6S. The summed E-state index contributed by atoms with van der Waals surface area (Å²) in [5, 5.41) is 0.553. The van der Waals surface area contributed by atoms with Gasteiger partial charge >= 0.3 is 12.1 Å². The van der Waals surface area contributed by atoms with E-state index in [1.165, 1.54) is 34.4 Å². The molecule has 202 valence electrons. The summed E-state index contributed by atoms with van der Waals surface area (Å²) in [4.78, 5) is 46.1. The molecule has 0 aliphatic rings. The number of rotatable bonds is 6. The Morgan fingerprint density at radius 2 is 1.54 bits per heavy atom. The average Bonchev–Trinajstić information content (AvgIpc) is 3.42. The smallest absolute Gasteiger partial charge is 0.424 e. The van der Waals surface area contributed by atoms with Gasteiger partial charge in [0, 0.05) is 6.07 Å². The first kappa shape index (κ1) is 26.0. The molecule has 41 heavy (non-hydrogen) atoms. The van der Waals surface area contributed by atoms with Gasteiger partial charge < -0.3 is 13.9 Å². The van der Waals surface area contributed by atoms with Crippen molar-refractivity contribution in [1.82, 2.24) is 4.98 Å². The van der Waals surface area contributed by atoms with Crippen molar-refractivity contribution in [2.75, 3.05) is 11.5 Å². The third-order valence-corrected chi connectivity index (χ3v) is 7.30. The predicted molar refractivity (Wildman–Crippen MR) is 158 cm³/mol. The molecule has 0 unspecified atom stereocenters. The van der Waals surface area contributed by atoms with E-state index >= 15 is 0 Å². The Labute approximate surface area is 238 Å². The molecule has 0 saturated heterocycles. The highest BCUT2D eigenvalue weighted by atomic mass is 32.1. The number of carbonyl (C=O) groups is 2. The van der Waals surface area contributed by atoms with Crippen LogP contribution in [0.2, 0.25) is 0 Å². The molecule has 8 nitrogen and oxygen atoms in total. The molecule has 2 heterocycles. The molecule has 1 amide bonds. The number of amides is 1. The first-order valence-corrected chi connectivity index (χ1v) is 13.6. The fourth-order valence-corrected chi connectivity index (χ4v) is 5.42. The number of anilines is 2. The normalized spacial score (nSPS) is 11.0. The van der Waals surface area contributed by atoms with Crippen molar-refractivity contribution in [3.8, 4) is 16.3 Å². The van der Waals surface area contributed by atoms with Crippen LogP contribution in [0.4, 0.5) is 16.2 Å². The number of para-hydroxylation sites is 3. The number of esters is 1. The number of fused-ring (bicyclic) bond motifs is 2. The first-order valence-electron chi connectivity index (χ1n) is 12.8. The molecule has 0 saturated carbocycles. The minimum Gasteiger partial charge on any atom is -0.460 e. The van der Waals surface area contributed by atoms with Crippen molar-refractivity contribution in [2.45, 2.75) is 6.92 Å². The highest BCUT2D eigenvalue weighted by Gasteiger charge is 2.26. The number of hydrogen-bond acceptors (Lipinski definition) is 8. The molecule has 0 N–H and O–H groups in total. The van der Waals surface area contributed by atoms with Gasteiger partial charge in [0.2, 0.25) is 11.2 Å². The SMILES string of the molecule is CCOC(=O)c1oc2cc(OC(=O)N(c3ccccc3)c3ccccc3)ccc2c(=O)c1-c1nc2ccccc2s1. The first-order chi connectivity index (χ1) is 20.0. The van der Waals surface area contributed by atoms with Crippen LogP contribution < -0.4 is 15.1 Å². The summed E-state index contributed by atoms with van der Waals surface area (Å²) in [6.45, 7) is 1.75. The number of hydrogen-bond donors (Lipinski definition) is 0. The maximum Gasteiger partial charge on any atom is 0.424 e. The monoisotopic (exact) mass is 562 g/mol. The highest BCUT2D eigenvalue weighted by molar-refractivity contribution is 7.21. The van der Waals surface area contributed by atoms with Gasteiger partial charge in [-0.25, -0.2) is 19.5 Å². The second-order valence-corrected chi connectivity index (χ2v) is 9.91. The minimum atomic E-state index is -0.789. The van der Waals surface area contributed by atoms with E-state index in [4.69, 9.17) is 13.9 Å². The molecule has 0 fully saturated rings. The fraction of sp³-hybridized carbons (Fsp3) is 0.0625. The number of carbonyl (C=O) groups excluding carboxylic acids is 2. The van der Waals surface area contributed by atoms with E-state index in [-0.39, 0.29) is 34.6 Å². The number of nitrogens with zero attached hydrogens (tertiary/aromatic N) is 2. The Bertz CT molecular complexity index is 1880. The molecule has 0 aliphatic carbocycles. The Balaban J connectivity index is 1.42. The molecular weight excluding hydrogens is 540 g/mol. The summed E-state index contributed by atoms with van der Waals surface area (Å²) in [6, 6.07) is 30.0. The number of ether oxygens (including phenoxy) is 2. The molecule has 0 bridgehead atoms. The zero-order chi connectivity index (χ0) is 28.3. The molecule has 2 aromatic heterocycles. The molecule has 6 rings (SSSR count). The highest BCUT2D eigenvalue weighted by Crippen LogP contribution is 2.33. The summed E-state index contributed by atoms with van der Waals surface area (Å²) >= 11 is 1.28. The largest absolute Gasteiger partial charge is 0.460 e. The topological polar surface area (TPSA) is 98.9 Å². The van der Waals surface area contributed by atoms with Gasteiger partial charge in [-0.15, -0.1) is 11.3 Å². The quantitative estimate of drug-likeness (QED) is 0.193. The third-order valence-electron chi connectivity index (χ3n) is 6.25. The minimum absolute atomic E-state index is 0.0289. The predicted octanol–water partition coefficient (Wildman–Crippen LogP) is 7.58. The maximum absolute atomic E-state index is 13.7. The van der Waals surface area contributed by atoms with Gasteiger partial charge in [-0.1, -0.05) is 48.5 Å². The van der Waals surface area contributed by atoms with Gasteiger partial charge in [-0.2, -0.15) is 0 Å². The lowest BCUT2D eigenvalue weighted by atomic mass is 10.1. The Morgan fingerprint density at radius 1 is 0.878 bits per heavy atom. The van der Waals surface area contributed by atoms with Gasteiger partial charge in [-0.3, -0.25) is 4.79 Å². The van der Waals surface area contributed by atoms with Gasteiger partial charge in [0.25, 0.3) is 0 Å². The molecule has 6 aromatic rings. The van der Waals surface area contributed by atoms with E-state index in [0.717, 1.165) is 4.70 Å². The molecule has 0 aliphatic heterocycles. The summed E-state index contributed by atoms with van der Waals surface area (Å²) in [6.07, 6.45) is -0.666. The second kappa shape index (κ2) is 11.1. The van der Waals surface area contributed by atoms with Crippen molar-refractivity contribution >= 4 is 56.0 Å². The summed E-state index contributed by atoms with van der Waals surface area (Å²) in [5.74, 6) is -0.922. The lowest BCUT2D eigenvalue weighted by Crippen LogP contribution is -2.29. The van der Waals surface area contributed by atoms with Gasteiger partial charge in [0.1, 0.15) is 21.9 Å². The molecule has 4 aromatic carbocycles. The van der Waals surface area contributed by atoms with Crippen LogP contribution in [0, 0.1) is 0 Å². The van der Waals surface area contributed by atoms with E-state index in [9.17, 15) is 14.4 Å². The van der Waals surface area contributed by atoms with Crippen LogP contribution in [0.3, 0.4) is 0 Å². The van der Waals surface area contributed by atoms with Gasteiger partial charge in [-0.05, 0) is 55.5 Å². The van der Waals surface area contributed by atoms with Crippen LogP contribution in [0.25, 0.3) is 31.8 Å². The lowest BCUT2D eigenvalue weighted by Gasteiger charge is -2.22. The van der Waals surface area contributed by atoms with E-state index in [2.05, 4.69) is 4.98 Å². The standard InChI is InChI=1S/C32H22N2O6S/c1-2-38-31(36)29-27(30-33-24-15-9-10-16-26(24)41-30)28(35)23-18-17-22(19-25(23)40-29)39-32(37)34(20-11-5-3-6-12-20)21-13-7-4-8-14-21/h3-19H,2H2,1H3.